The first kappa shape index (κ1) is 17.5. The van der Waals surface area contributed by atoms with Crippen molar-refractivity contribution in [1.29, 1.82) is 0 Å². The Kier molecular flexibility index (Phi) is 4.94. The molecule has 0 unspecified atom stereocenters. The number of aromatic nitrogens is 2. The van der Waals surface area contributed by atoms with Crippen LogP contribution in [0.5, 0.6) is 0 Å². The highest BCUT2D eigenvalue weighted by Gasteiger charge is 2.29. The number of piperidine rings is 1. The Bertz CT molecular complexity index is 806. The van der Waals surface area contributed by atoms with Crippen LogP contribution < -0.4 is 0 Å². The Hall–Kier alpha value is -1.95. The lowest BCUT2D eigenvalue weighted by atomic mass is 9.85. The van der Waals surface area contributed by atoms with E-state index in [2.05, 4.69) is 15.7 Å². The number of Topliss-reactive ketones (excluding diaryl/α,β-unsaturated/α-hetero) is 1. The summed E-state index contributed by atoms with van der Waals surface area (Å²) in [5, 5.41) is 0. The maximum atomic E-state index is 12.9. The van der Waals surface area contributed by atoms with Crippen molar-refractivity contribution < 1.29 is 9.59 Å². The molecule has 6 heteroatoms. The van der Waals surface area contributed by atoms with Gasteiger partial charge in [0.15, 0.2) is 5.78 Å². The van der Waals surface area contributed by atoms with Gasteiger partial charge in [0.05, 0.1) is 9.75 Å². The maximum Gasteiger partial charge on any atom is 0.263 e. The molecule has 26 heavy (non-hydrogen) atoms. The molecule has 3 heterocycles. The molecule has 1 aliphatic heterocycles. The Balaban J connectivity index is 1.46. The van der Waals surface area contributed by atoms with Crippen molar-refractivity contribution in [2.75, 3.05) is 13.1 Å². The number of imidazole rings is 1. The van der Waals surface area contributed by atoms with Crippen molar-refractivity contribution in [3.63, 3.8) is 0 Å². The molecular weight excluding hydrogens is 346 g/mol. The lowest BCUT2D eigenvalue weighted by molar-refractivity contribution is 0.0707. The Labute approximate surface area is 158 Å². The topological polar surface area (TPSA) is 55.2 Å². The van der Waals surface area contributed by atoms with Gasteiger partial charge in [-0.2, -0.15) is 0 Å². The van der Waals surface area contributed by atoms with E-state index >= 15 is 0 Å². The quantitative estimate of drug-likeness (QED) is 0.748. The molecule has 0 bridgehead atoms. The summed E-state index contributed by atoms with van der Waals surface area (Å²) in [4.78, 5) is 32.2. The molecule has 2 fully saturated rings. The zero-order chi connectivity index (χ0) is 18.1. The molecule has 0 aromatic carbocycles. The second-order valence-electron chi connectivity index (χ2n) is 7.55. The molecule has 1 aliphatic carbocycles. The Morgan fingerprint density at radius 1 is 1.19 bits per heavy atom. The van der Waals surface area contributed by atoms with Gasteiger partial charge >= 0.3 is 0 Å². The molecule has 138 valence electrons. The van der Waals surface area contributed by atoms with Crippen LogP contribution in [0.3, 0.4) is 0 Å². The number of carbonyl (C=O) groups is 2. The van der Waals surface area contributed by atoms with Gasteiger partial charge in [-0.25, -0.2) is 4.98 Å². The largest absolute Gasteiger partial charge is 0.337 e. The van der Waals surface area contributed by atoms with E-state index in [9.17, 15) is 9.59 Å². The van der Waals surface area contributed by atoms with E-state index in [4.69, 9.17) is 0 Å². The van der Waals surface area contributed by atoms with Gasteiger partial charge in [-0.15, -0.1) is 11.3 Å². The number of hydrogen-bond acceptors (Lipinski definition) is 4. The van der Waals surface area contributed by atoms with Gasteiger partial charge in [0.25, 0.3) is 5.91 Å². The third kappa shape index (κ3) is 3.47. The second kappa shape index (κ2) is 7.35. The minimum Gasteiger partial charge on any atom is -0.337 e. The highest BCUT2D eigenvalue weighted by Crippen LogP contribution is 2.32. The fraction of sp³-hybridized carbons (Fsp3) is 0.550. The van der Waals surface area contributed by atoms with Gasteiger partial charge in [-0.3, -0.25) is 9.59 Å². The number of likely N-dealkylation sites (tertiary alicyclic amines) is 1. The monoisotopic (exact) mass is 371 g/mol. The number of nitrogens with zero attached hydrogens (tertiary/aromatic N) is 3. The summed E-state index contributed by atoms with van der Waals surface area (Å²) in [6, 6.07) is 3.54. The highest BCUT2D eigenvalue weighted by molar-refractivity contribution is 7.15. The van der Waals surface area contributed by atoms with Gasteiger partial charge in [-0.1, -0.05) is 6.42 Å². The van der Waals surface area contributed by atoms with Crippen LogP contribution in [0.25, 0.3) is 0 Å². The van der Waals surface area contributed by atoms with E-state index < -0.39 is 0 Å². The zero-order valence-corrected chi connectivity index (χ0v) is 16.0. The molecule has 0 spiro atoms. The van der Waals surface area contributed by atoms with Gasteiger partial charge in [-0.05, 0) is 50.7 Å². The number of hydrogen-bond donors (Lipinski definition) is 0. The average molecular weight is 372 g/mol. The van der Waals surface area contributed by atoms with Crippen molar-refractivity contribution in [1.82, 2.24) is 14.5 Å². The SMILES string of the molecule is CC(=O)c1ccc(C(=O)N2CCC[C@@H](c3nccn3CC3CCC3)C2)s1. The molecule has 1 amide bonds. The van der Waals surface area contributed by atoms with E-state index in [0.717, 1.165) is 37.7 Å². The predicted octanol–water partition coefficient (Wildman–Crippen LogP) is 3.97. The number of ketones is 1. The summed E-state index contributed by atoms with van der Waals surface area (Å²) in [7, 11) is 0. The molecule has 1 saturated carbocycles. The number of rotatable bonds is 5. The average Bonchev–Trinajstić information content (AvgIpc) is 3.27. The predicted molar refractivity (Wildman–Crippen MR) is 102 cm³/mol. The first-order valence-corrected chi connectivity index (χ1v) is 10.3. The Morgan fingerprint density at radius 3 is 2.69 bits per heavy atom. The van der Waals surface area contributed by atoms with Crippen LogP contribution in [0.1, 0.15) is 70.1 Å². The van der Waals surface area contributed by atoms with Crippen LogP contribution in [0.2, 0.25) is 0 Å². The Morgan fingerprint density at radius 2 is 2.00 bits per heavy atom. The normalized spacial score (nSPS) is 20.8. The van der Waals surface area contributed by atoms with E-state index in [1.165, 1.54) is 30.6 Å². The molecule has 2 aromatic rings. The number of carbonyl (C=O) groups excluding carboxylic acids is 2. The van der Waals surface area contributed by atoms with E-state index in [0.29, 0.717) is 22.2 Å². The lowest BCUT2D eigenvalue weighted by Gasteiger charge is -2.33. The molecule has 1 atom stereocenters. The van der Waals surface area contributed by atoms with E-state index in [-0.39, 0.29) is 11.7 Å². The summed E-state index contributed by atoms with van der Waals surface area (Å²) in [6.45, 7) is 4.10. The summed E-state index contributed by atoms with van der Waals surface area (Å²) >= 11 is 1.30. The smallest absolute Gasteiger partial charge is 0.263 e. The van der Waals surface area contributed by atoms with Crippen molar-refractivity contribution >= 4 is 23.0 Å². The van der Waals surface area contributed by atoms with Crippen LogP contribution in [0.4, 0.5) is 0 Å². The first-order chi connectivity index (χ1) is 12.6. The molecule has 2 aromatic heterocycles. The van der Waals surface area contributed by atoms with Gasteiger partial charge < -0.3 is 9.47 Å². The lowest BCUT2D eigenvalue weighted by Crippen LogP contribution is -2.39. The van der Waals surface area contributed by atoms with E-state index in [1.54, 1.807) is 19.1 Å². The van der Waals surface area contributed by atoms with E-state index in [1.807, 2.05) is 11.1 Å². The van der Waals surface area contributed by atoms with Crippen LogP contribution in [-0.2, 0) is 6.54 Å². The summed E-state index contributed by atoms with van der Waals surface area (Å²) in [6.07, 6.45) is 10.1. The van der Waals surface area contributed by atoms with Crippen molar-refractivity contribution in [2.45, 2.75) is 51.5 Å². The third-order valence-corrected chi connectivity index (χ3v) is 6.84. The standard InChI is InChI=1S/C20H25N3O2S/c1-14(24)17-7-8-18(26-17)20(25)23-10-3-6-16(13-23)19-21-9-11-22(19)12-15-4-2-5-15/h7-9,11,15-16H,2-6,10,12-13H2,1H3/t16-/m1/s1. The summed E-state index contributed by atoms with van der Waals surface area (Å²) in [5.41, 5.74) is 0. The maximum absolute atomic E-state index is 12.9. The van der Waals surface area contributed by atoms with Crippen LogP contribution in [-0.4, -0.2) is 39.2 Å². The second-order valence-corrected chi connectivity index (χ2v) is 8.63. The molecule has 2 aliphatic rings. The fourth-order valence-corrected chi connectivity index (χ4v) is 4.83. The molecule has 0 radical (unpaired) electrons. The third-order valence-electron chi connectivity index (χ3n) is 5.66. The van der Waals surface area contributed by atoms with Crippen molar-refractivity contribution in [3.05, 3.63) is 40.1 Å². The van der Waals surface area contributed by atoms with Crippen molar-refractivity contribution in [2.24, 2.45) is 5.92 Å². The van der Waals surface area contributed by atoms with Crippen molar-refractivity contribution in [3.8, 4) is 0 Å². The highest BCUT2D eigenvalue weighted by atomic mass is 32.1. The van der Waals surface area contributed by atoms with Crippen LogP contribution in [0, 0.1) is 5.92 Å². The van der Waals surface area contributed by atoms with Crippen LogP contribution >= 0.6 is 11.3 Å². The zero-order valence-electron chi connectivity index (χ0n) is 15.2. The number of amides is 1. The van der Waals surface area contributed by atoms with Crippen LogP contribution in [0.15, 0.2) is 24.5 Å². The molecule has 4 rings (SSSR count). The molecular formula is C20H25N3O2S. The fourth-order valence-electron chi connectivity index (χ4n) is 3.96. The molecule has 1 saturated heterocycles. The number of thiophene rings is 1. The summed E-state index contributed by atoms with van der Waals surface area (Å²) < 4.78 is 2.31. The molecule has 5 nitrogen and oxygen atoms in total. The molecule has 0 N–H and O–H groups in total. The van der Waals surface area contributed by atoms with Gasteiger partial charge in [0.1, 0.15) is 5.82 Å². The minimum absolute atomic E-state index is 0.0172. The summed E-state index contributed by atoms with van der Waals surface area (Å²) in [5.74, 6) is 2.29. The first-order valence-electron chi connectivity index (χ1n) is 9.53. The van der Waals surface area contributed by atoms with Gasteiger partial charge in [0.2, 0.25) is 0 Å². The minimum atomic E-state index is 0.0172. The van der Waals surface area contributed by atoms with Gasteiger partial charge in [0, 0.05) is 37.9 Å².